The van der Waals surface area contributed by atoms with Gasteiger partial charge < -0.3 is 10.6 Å². The van der Waals surface area contributed by atoms with Crippen molar-refractivity contribution in [3.8, 4) is 11.3 Å². The van der Waals surface area contributed by atoms with E-state index >= 15 is 0 Å². The molecule has 0 aliphatic carbocycles. The molecule has 7 nitrogen and oxygen atoms in total. The van der Waals surface area contributed by atoms with E-state index in [1.807, 2.05) is 31.2 Å². The highest BCUT2D eigenvalue weighted by Crippen LogP contribution is 2.26. The molecule has 4 aromatic rings. The molecule has 0 spiro atoms. The van der Waals surface area contributed by atoms with Crippen LogP contribution in [0.25, 0.3) is 11.3 Å². The Hall–Kier alpha value is -4.26. The lowest BCUT2D eigenvalue weighted by atomic mass is 10.1. The quantitative estimate of drug-likeness (QED) is 0.513. The number of anilines is 2. The highest BCUT2D eigenvalue weighted by Gasteiger charge is 2.16. The van der Waals surface area contributed by atoms with Gasteiger partial charge in [-0.1, -0.05) is 24.3 Å². The van der Waals surface area contributed by atoms with Crippen molar-refractivity contribution in [2.75, 3.05) is 10.6 Å². The first kappa shape index (κ1) is 20.0. The molecule has 0 radical (unpaired) electrons. The SMILES string of the molecule is Cc1ccc(C(=O)Nc2cn(C)nc2-c2ccncc2)cc1NC(=O)c1ccccc1. The van der Waals surface area contributed by atoms with Crippen molar-refractivity contribution in [3.05, 3.63) is 95.9 Å². The van der Waals surface area contributed by atoms with E-state index in [1.54, 1.807) is 66.7 Å². The third-order valence-electron chi connectivity index (χ3n) is 4.81. The van der Waals surface area contributed by atoms with Crippen LogP contribution in [0.1, 0.15) is 26.3 Å². The number of rotatable bonds is 5. The lowest BCUT2D eigenvalue weighted by Gasteiger charge is -2.11. The number of nitrogens with one attached hydrogen (secondary N) is 2. The van der Waals surface area contributed by atoms with Gasteiger partial charge in [0.15, 0.2) is 0 Å². The third-order valence-corrected chi connectivity index (χ3v) is 4.81. The maximum Gasteiger partial charge on any atom is 0.255 e. The van der Waals surface area contributed by atoms with E-state index in [0.717, 1.165) is 11.1 Å². The monoisotopic (exact) mass is 411 g/mol. The number of benzene rings is 2. The molecular weight excluding hydrogens is 390 g/mol. The number of pyridine rings is 1. The summed E-state index contributed by atoms with van der Waals surface area (Å²) in [5.41, 5.74) is 4.53. The second-order valence-corrected chi connectivity index (χ2v) is 7.10. The fourth-order valence-corrected chi connectivity index (χ4v) is 3.18. The maximum atomic E-state index is 13.0. The average molecular weight is 411 g/mol. The molecule has 4 rings (SSSR count). The zero-order valence-electron chi connectivity index (χ0n) is 17.2. The second-order valence-electron chi connectivity index (χ2n) is 7.10. The third kappa shape index (κ3) is 4.51. The first-order valence-corrected chi connectivity index (χ1v) is 9.74. The summed E-state index contributed by atoms with van der Waals surface area (Å²) in [6, 6.07) is 17.8. The molecule has 2 heterocycles. The molecular formula is C24H21N5O2. The van der Waals surface area contributed by atoms with Crippen LogP contribution in [0.5, 0.6) is 0 Å². The number of amides is 2. The number of aromatic nitrogens is 3. The first-order valence-electron chi connectivity index (χ1n) is 9.74. The van der Waals surface area contributed by atoms with Crippen LogP contribution >= 0.6 is 0 Å². The molecule has 0 aliphatic rings. The van der Waals surface area contributed by atoms with Gasteiger partial charge in [-0.3, -0.25) is 19.3 Å². The van der Waals surface area contributed by atoms with Crippen LogP contribution in [0.15, 0.2) is 79.3 Å². The topological polar surface area (TPSA) is 88.9 Å². The predicted molar refractivity (Wildman–Crippen MR) is 120 cm³/mol. The molecule has 0 bridgehead atoms. The Morgan fingerprint density at radius 1 is 0.839 bits per heavy atom. The standard InChI is InChI=1S/C24H21N5O2/c1-16-8-9-19(14-20(16)26-23(30)18-6-4-3-5-7-18)24(31)27-21-15-29(2)28-22(21)17-10-12-25-13-11-17/h3-15H,1-2H3,(H,26,30)(H,27,31). The molecule has 2 aromatic carbocycles. The highest BCUT2D eigenvalue weighted by molar-refractivity contribution is 6.08. The van der Waals surface area contributed by atoms with Gasteiger partial charge in [-0.15, -0.1) is 0 Å². The smallest absolute Gasteiger partial charge is 0.255 e. The van der Waals surface area contributed by atoms with Crippen molar-refractivity contribution in [3.63, 3.8) is 0 Å². The predicted octanol–water partition coefficient (Wildman–Crippen LogP) is 4.30. The van der Waals surface area contributed by atoms with Crippen LogP contribution in [0.4, 0.5) is 11.4 Å². The van der Waals surface area contributed by atoms with E-state index in [0.29, 0.717) is 28.2 Å². The zero-order valence-corrected chi connectivity index (χ0v) is 17.2. The van der Waals surface area contributed by atoms with Gasteiger partial charge in [-0.05, 0) is 48.9 Å². The van der Waals surface area contributed by atoms with Crippen molar-refractivity contribution >= 4 is 23.2 Å². The van der Waals surface area contributed by atoms with Gasteiger partial charge in [0.1, 0.15) is 5.69 Å². The molecule has 0 fully saturated rings. The highest BCUT2D eigenvalue weighted by atomic mass is 16.2. The van der Waals surface area contributed by atoms with Crippen molar-refractivity contribution < 1.29 is 9.59 Å². The van der Waals surface area contributed by atoms with Crippen LogP contribution in [-0.2, 0) is 7.05 Å². The van der Waals surface area contributed by atoms with Gasteiger partial charge in [0.25, 0.3) is 11.8 Å². The van der Waals surface area contributed by atoms with E-state index in [9.17, 15) is 9.59 Å². The van der Waals surface area contributed by atoms with Crippen molar-refractivity contribution in [1.82, 2.24) is 14.8 Å². The first-order chi connectivity index (χ1) is 15.0. The van der Waals surface area contributed by atoms with Crippen molar-refractivity contribution in [1.29, 1.82) is 0 Å². The molecule has 2 N–H and O–H groups in total. The van der Waals surface area contributed by atoms with Gasteiger partial charge >= 0.3 is 0 Å². The molecule has 31 heavy (non-hydrogen) atoms. The van der Waals surface area contributed by atoms with Crippen LogP contribution in [0.2, 0.25) is 0 Å². The zero-order chi connectivity index (χ0) is 21.8. The van der Waals surface area contributed by atoms with Crippen molar-refractivity contribution in [2.45, 2.75) is 6.92 Å². The Morgan fingerprint density at radius 3 is 2.26 bits per heavy atom. The summed E-state index contributed by atoms with van der Waals surface area (Å²) in [6.07, 6.45) is 5.11. The number of aryl methyl sites for hydroxylation is 2. The van der Waals surface area contributed by atoms with Gasteiger partial charge in [-0.25, -0.2) is 0 Å². The lowest BCUT2D eigenvalue weighted by Crippen LogP contribution is -2.15. The molecule has 0 saturated heterocycles. The minimum absolute atomic E-state index is 0.228. The summed E-state index contributed by atoms with van der Waals surface area (Å²) in [7, 11) is 1.80. The van der Waals surface area contributed by atoms with E-state index in [4.69, 9.17) is 0 Å². The van der Waals surface area contributed by atoms with Gasteiger partial charge in [0.05, 0.1) is 5.69 Å². The fraction of sp³-hybridized carbons (Fsp3) is 0.0833. The minimum atomic E-state index is -0.293. The van der Waals surface area contributed by atoms with Crippen LogP contribution in [-0.4, -0.2) is 26.6 Å². The molecule has 7 heteroatoms. The minimum Gasteiger partial charge on any atom is -0.322 e. The largest absolute Gasteiger partial charge is 0.322 e. The Kier molecular flexibility index (Phi) is 5.57. The number of nitrogens with zero attached hydrogens (tertiary/aromatic N) is 3. The summed E-state index contributed by atoms with van der Waals surface area (Å²) in [5, 5.41) is 10.3. The Morgan fingerprint density at radius 2 is 1.52 bits per heavy atom. The number of hydrogen-bond acceptors (Lipinski definition) is 4. The van der Waals surface area contributed by atoms with Crippen LogP contribution in [0, 0.1) is 6.92 Å². The molecule has 0 saturated carbocycles. The number of carbonyl (C=O) groups excluding carboxylic acids is 2. The van der Waals surface area contributed by atoms with Crippen LogP contribution < -0.4 is 10.6 Å². The molecule has 0 aliphatic heterocycles. The molecule has 2 amide bonds. The molecule has 0 atom stereocenters. The maximum absolute atomic E-state index is 13.0. The van der Waals surface area contributed by atoms with Crippen molar-refractivity contribution in [2.24, 2.45) is 7.05 Å². The van der Waals surface area contributed by atoms with Gasteiger partial charge in [-0.2, -0.15) is 5.10 Å². The molecule has 0 unspecified atom stereocenters. The van der Waals surface area contributed by atoms with Crippen LogP contribution in [0.3, 0.4) is 0 Å². The summed E-state index contributed by atoms with van der Waals surface area (Å²) < 4.78 is 1.64. The van der Waals surface area contributed by atoms with Gasteiger partial charge in [0, 0.05) is 48.0 Å². The summed E-state index contributed by atoms with van der Waals surface area (Å²) in [5.74, 6) is -0.521. The van der Waals surface area contributed by atoms with Gasteiger partial charge in [0.2, 0.25) is 0 Å². The fourth-order valence-electron chi connectivity index (χ4n) is 3.18. The van der Waals surface area contributed by atoms with E-state index < -0.39 is 0 Å². The number of hydrogen-bond donors (Lipinski definition) is 2. The normalized spacial score (nSPS) is 10.5. The number of carbonyl (C=O) groups is 2. The van der Waals surface area contributed by atoms with E-state index in [1.165, 1.54) is 0 Å². The average Bonchev–Trinajstić information content (AvgIpc) is 3.16. The second kappa shape index (κ2) is 8.62. The lowest BCUT2D eigenvalue weighted by molar-refractivity contribution is 0.101. The summed E-state index contributed by atoms with van der Waals surface area (Å²) in [6.45, 7) is 1.88. The molecule has 154 valence electrons. The Bertz CT molecular complexity index is 1230. The Balaban J connectivity index is 1.57. The summed E-state index contributed by atoms with van der Waals surface area (Å²) >= 11 is 0. The Labute approximate surface area is 179 Å². The molecule has 2 aromatic heterocycles. The summed E-state index contributed by atoms with van der Waals surface area (Å²) in [4.78, 5) is 29.5. The van der Waals surface area contributed by atoms with E-state index in [-0.39, 0.29) is 11.8 Å². The van der Waals surface area contributed by atoms with E-state index in [2.05, 4.69) is 20.7 Å².